The Morgan fingerprint density at radius 2 is 1.79 bits per heavy atom. The molecule has 1 saturated carbocycles. The fourth-order valence-corrected chi connectivity index (χ4v) is 9.95. The molecule has 2 nitrogen and oxygen atoms in total. The Labute approximate surface area is 170 Å². The quantitative estimate of drug-likeness (QED) is 0.532. The third-order valence-corrected chi connectivity index (χ3v) is 11.9. The van der Waals surface area contributed by atoms with Crippen LogP contribution in [0.5, 0.6) is 11.5 Å². The molecule has 4 aliphatic rings. The number of rotatable bonds is 6. The molecule has 2 atom stereocenters. The Kier molecular flexibility index (Phi) is 4.76. The van der Waals surface area contributed by atoms with Gasteiger partial charge in [0.05, 0.1) is 0 Å². The number of aryl methyl sites for hydroxylation is 1. The third-order valence-electron chi connectivity index (χ3n) is 7.68. The van der Waals surface area contributed by atoms with Crippen molar-refractivity contribution in [3.63, 3.8) is 0 Å². The van der Waals surface area contributed by atoms with E-state index in [-0.39, 0.29) is 0 Å². The van der Waals surface area contributed by atoms with E-state index >= 15 is 0 Å². The zero-order chi connectivity index (χ0) is 19.2. The maximum absolute atomic E-state index is 6.74. The molecular formula is C25H33O2P. The van der Waals surface area contributed by atoms with Gasteiger partial charge in [-0.25, -0.2) is 0 Å². The maximum atomic E-state index is 6.74. The summed E-state index contributed by atoms with van der Waals surface area (Å²) in [6, 6.07) is 17.0. The summed E-state index contributed by atoms with van der Waals surface area (Å²) >= 11 is 0. The van der Waals surface area contributed by atoms with Gasteiger partial charge in [-0.1, -0.05) is 0 Å². The minimum atomic E-state index is -1.81. The summed E-state index contributed by atoms with van der Waals surface area (Å²) in [6.45, 7) is 5.51. The van der Waals surface area contributed by atoms with Crippen molar-refractivity contribution in [1.82, 2.24) is 0 Å². The fraction of sp³-hybridized carbons (Fsp3) is 0.520. The van der Waals surface area contributed by atoms with Crippen molar-refractivity contribution < 1.29 is 9.26 Å². The molecule has 2 aromatic carbocycles. The Hall–Kier alpha value is -1.37. The summed E-state index contributed by atoms with van der Waals surface area (Å²) in [5, 5.41) is 1.43. The van der Waals surface area contributed by atoms with E-state index in [1.807, 2.05) is 6.07 Å². The van der Waals surface area contributed by atoms with Crippen LogP contribution in [-0.2, 0) is 4.52 Å². The Morgan fingerprint density at radius 3 is 2.43 bits per heavy atom. The number of ether oxygens (including phenoxy) is 1. The Morgan fingerprint density at radius 1 is 1.07 bits per heavy atom. The van der Waals surface area contributed by atoms with Crippen LogP contribution in [0.1, 0.15) is 44.6 Å². The van der Waals surface area contributed by atoms with Crippen LogP contribution < -0.4 is 10.0 Å². The van der Waals surface area contributed by atoms with Crippen LogP contribution in [0.3, 0.4) is 0 Å². The monoisotopic (exact) mass is 396 g/mol. The molecule has 0 amide bonds. The van der Waals surface area contributed by atoms with E-state index in [1.165, 1.54) is 55.3 Å². The first kappa shape index (κ1) is 18.6. The summed E-state index contributed by atoms with van der Waals surface area (Å²) < 4.78 is 12.9. The molecule has 3 heterocycles. The number of benzene rings is 2. The van der Waals surface area contributed by atoms with Crippen molar-refractivity contribution in [2.24, 2.45) is 17.3 Å². The van der Waals surface area contributed by atoms with Crippen molar-refractivity contribution in [2.75, 3.05) is 18.9 Å². The summed E-state index contributed by atoms with van der Waals surface area (Å²) in [5.74, 6) is 3.85. The fourth-order valence-electron chi connectivity index (χ4n) is 5.41. The molecule has 1 aliphatic carbocycles. The molecule has 28 heavy (non-hydrogen) atoms. The molecule has 0 radical (unpaired) electrons. The van der Waals surface area contributed by atoms with Crippen molar-refractivity contribution >= 4 is 12.8 Å². The minimum absolute atomic E-state index is 0.493. The van der Waals surface area contributed by atoms with E-state index < -0.39 is 7.49 Å². The average Bonchev–Trinajstić information content (AvgIpc) is 3.44. The first-order chi connectivity index (χ1) is 13.6. The number of hydrogen-bond donors (Lipinski definition) is 0. The number of fused-ring (bicyclic) bond motifs is 3. The molecular weight excluding hydrogens is 363 g/mol. The van der Waals surface area contributed by atoms with Gasteiger partial charge < -0.3 is 0 Å². The summed E-state index contributed by atoms with van der Waals surface area (Å²) in [7, 11) is -1.81. The molecule has 4 fully saturated rings. The Balaban J connectivity index is 1.28. The summed E-state index contributed by atoms with van der Waals surface area (Å²) in [6.07, 6.45) is 9.63. The first-order valence-electron chi connectivity index (χ1n) is 11.1. The van der Waals surface area contributed by atoms with Gasteiger partial charge in [0.25, 0.3) is 0 Å². The predicted molar refractivity (Wildman–Crippen MR) is 120 cm³/mol. The van der Waals surface area contributed by atoms with E-state index in [1.54, 1.807) is 0 Å². The molecule has 3 saturated heterocycles. The van der Waals surface area contributed by atoms with Gasteiger partial charge in [0.2, 0.25) is 0 Å². The van der Waals surface area contributed by atoms with Gasteiger partial charge in [-0.15, -0.1) is 0 Å². The van der Waals surface area contributed by atoms with Gasteiger partial charge >= 0.3 is 170 Å². The van der Waals surface area contributed by atoms with Crippen LogP contribution in [0.2, 0.25) is 0 Å². The van der Waals surface area contributed by atoms with Crippen LogP contribution >= 0.6 is 7.49 Å². The van der Waals surface area contributed by atoms with Crippen molar-refractivity contribution in [1.29, 1.82) is 0 Å². The molecule has 2 aromatic rings. The van der Waals surface area contributed by atoms with Crippen LogP contribution in [0.4, 0.5) is 0 Å². The normalized spacial score (nSPS) is 31.4. The molecule has 6 rings (SSSR count). The van der Waals surface area contributed by atoms with E-state index in [4.69, 9.17) is 9.26 Å². The third kappa shape index (κ3) is 3.62. The zero-order valence-electron chi connectivity index (χ0n) is 17.2. The van der Waals surface area contributed by atoms with Gasteiger partial charge in [-0.05, 0) is 0 Å². The van der Waals surface area contributed by atoms with E-state index in [2.05, 4.69) is 56.3 Å². The molecule has 150 valence electrons. The van der Waals surface area contributed by atoms with Crippen LogP contribution in [-0.4, -0.2) is 18.9 Å². The molecule has 0 spiro atoms. The second-order valence-corrected chi connectivity index (χ2v) is 13.6. The topological polar surface area (TPSA) is 18.5 Å². The molecule has 3 aliphatic heterocycles. The van der Waals surface area contributed by atoms with E-state index in [0.717, 1.165) is 29.9 Å². The van der Waals surface area contributed by atoms with E-state index in [9.17, 15) is 0 Å². The predicted octanol–water partition coefficient (Wildman–Crippen LogP) is 6.32. The molecule has 1 unspecified atom stereocenters. The van der Waals surface area contributed by atoms with E-state index in [0.29, 0.717) is 5.41 Å². The van der Waals surface area contributed by atoms with Gasteiger partial charge in [-0.2, -0.15) is 0 Å². The molecule has 0 N–H and O–H groups in total. The van der Waals surface area contributed by atoms with Crippen LogP contribution in [0.15, 0.2) is 48.5 Å². The standard InChI is InChI=1S/C25H33O2P/c1-19-5-3-6-22(15-19)27-23-7-4-8-24(17-23)28-13-11-25(12-14-28,18-26-28)10-9-21-16-20(21)2/h3-8,15,17,20-21,28H,9-14,16,18H2,1-2H3/t20?,21-/m1/s1. The second kappa shape index (κ2) is 7.15. The number of hydrogen-bond acceptors (Lipinski definition) is 2. The van der Waals surface area contributed by atoms with Crippen molar-refractivity contribution in [2.45, 2.75) is 46.0 Å². The van der Waals surface area contributed by atoms with Gasteiger partial charge in [-0.3, -0.25) is 0 Å². The van der Waals surface area contributed by atoms with Crippen molar-refractivity contribution in [3.8, 4) is 11.5 Å². The zero-order valence-corrected chi connectivity index (χ0v) is 18.2. The van der Waals surface area contributed by atoms with Crippen LogP contribution in [0.25, 0.3) is 0 Å². The van der Waals surface area contributed by atoms with Gasteiger partial charge in [0.1, 0.15) is 0 Å². The van der Waals surface area contributed by atoms with Gasteiger partial charge in [0.15, 0.2) is 0 Å². The molecule has 3 heteroatoms. The van der Waals surface area contributed by atoms with Crippen molar-refractivity contribution in [3.05, 3.63) is 54.1 Å². The Bertz CT molecular complexity index is 837. The summed E-state index contributed by atoms with van der Waals surface area (Å²) in [4.78, 5) is 0. The second-order valence-electron chi connectivity index (χ2n) is 9.74. The van der Waals surface area contributed by atoms with Gasteiger partial charge in [0, 0.05) is 0 Å². The first-order valence-corrected chi connectivity index (χ1v) is 13.4. The molecule has 2 bridgehead atoms. The summed E-state index contributed by atoms with van der Waals surface area (Å²) in [5.41, 5.74) is 1.72. The SMILES string of the molecule is Cc1cccc(Oc2cccc([PH]34CCC(CC[C@@H]5CC5C)(CC3)CO4)c2)c1. The molecule has 0 aromatic heterocycles. The average molecular weight is 397 g/mol. The van der Waals surface area contributed by atoms with Crippen LogP contribution in [0, 0.1) is 24.2 Å².